The Kier molecular flexibility index (Phi) is 8.16. The Morgan fingerprint density at radius 2 is 1.62 bits per heavy atom. The number of fused-ring (bicyclic) bond motifs is 1. The molecule has 2 aromatic carbocycles. The Morgan fingerprint density at radius 1 is 0.976 bits per heavy atom. The highest BCUT2D eigenvalue weighted by Crippen LogP contribution is 2.41. The number of hydrogen-bond acceptors (Lipinski definition) is 7. The first-order chi connectivity index (χ1) is 19.7. The molecule has 1 amide bonds. The third-order valence-electron chi connectivity index (χ3n) is 7.79. The second kappa shape index (κ2) is 11.4. The van der Waals surface area contributed by atoms with E-state index in [1.165, 1.54) is 28.6 Å². The maximum Gasteiger partial charge on any atom is 0.410 e. The lowest BCUT2D eigenvalue weighted by Crippen LogP contribution is -2.40. The average molecular weight is 605 g/mol. The Morgan fingerprint density at radius 3 is 2.21 bits per heavy atom. The first-order valence-electron chi connectivity index (χ1n) is 13.8. The van der Waals surface area contributed by atoms with Gasteiger partial charge in [-0.3, -0.25) is 4.79 Å². The predicted octanol–water partition coefficient (Wildman–Crippen LogP) is 4.59. The van der Waals surface area contributed by atoms with Gasteiger partial charge in [0.1, 0.15) is 17.5 Å². The number of carbonyl (C=O) groups excluding carboxylic acids is 2. The van der Waals surface area contributed by atoms with E-state index in [4.69, 9.17) is 4.74 Å². The van der Waals surface area contributed by atoms with Gasteiger partial charge in [-0.25, -0.2) is 13.2 Å². The van der Waals surface area contributed by atoms with Gasteiger partial charge in [0.05, 0.1) is 4.90 Å². The Balaban J connectivity index is 1.20. The van der Waals surface area contributed by atoms with E-state index in [0.717, 1.165) is 22.3 Å². The zero-order chi connectivity index (χ0) is 30.4. The molecular formula is C30H34F2N2O7S. The molecule has 2 aliphatic heterocycles. The van der Waals surface area contributed by atoms with Gasteiger partial charge in [-0.15, -0.1) is 0 Å². The second-order valence-corrected chi connectivity index (χ2v) is 13.9. The van der Waals surface area contributed by atoms with Crippen LogP contribution in [0.5, 0.6) is 5.75 Å². The number of sulfonamides is 1. The van der Waals surface area contributed by atoms with E-state index < -0.39 is 40.4 Å². The Hall–Kier alpha value is -3.35. The molecule has 42 heavy (non-hydrogen) atoms. The van der Waals surface area contributed by atoms with Crippen LogP contribution in [-0.2, 0) is 32.5 Å². The lowest BCUT2D eigenvalue weighted by atomic mass is 9.89. The number of ether oxygens (including phenoxy) is 2. The SMILES string of the molecule is CC(C)(C)OC(=O)N1CCc2ccc(C(O)C(=O)C3CC4=C(C3)CN(S(=O)(=O)c3ccc(OC(F)F)cc3)C4)cc2C1. The fourth-order valence-corrected chi connectivity index (χ4v) is 7.15. The number of nitrogens with zero attached hydrogens (tertiary/aromatic N) is 2. The molecule has 0 spiro atoms. The van der Waals surface area contributed by atoms with Crippen molar-refractivity contribution in [2.24, 2.45) is 5.92 Å². The Bertz CT molecular complexity index is 1500. The van der Waals surface area contributed by atoms with Crippen LogP contribution in [0.15, 0.2) is 58.5 Å². The zero-order valence-corrected chi connectivity index (χ0v) is 24.5. The molecule has 0 saturated carbocycles. The molecule has 3 aliphatic rings. The van der Waals surface area contributed by atoms with Gasteiger partial charge >= 0.3 is 12.7 Å². The quantitative estimate of drug-likeness (QED) is 0.460. The highest BCUT2D eigenvalue weighted by atomic mass is 32.2. The number of carbonyl (C=O) groups is 2. The fraction of sp³-hybridized carbons (Fsp3) is 0.467. The second-order valence-electron chi connectivity index (χ2n) is 11.9. The summed E-state index contributed by atoms with van der Waals surface area (Å²) >= 11 is 0. The largest absolute Gasteiger partial charge is 0.444 e. The number of aliphatic hydroxyl groups excluding tert-OH is 1. The molecule has 1 atom stereocenters. The molecule has 9 nitrogen and oxygen atoms in total. The third-order valence-corrected chi connectivity index (χ3v) is 9.59. The number of amides is 1. The smallest absolute Gasteiger partial charge is 0.410 e. The molecule has 0 aromatic heterocycles. The maximum absolute atomic E-state index is 13.3. The van der Waals surface area contributed by atoms with Crippen LogP contribution in [0.2, 0.25) is 0 Å². The van der Waals surface area contributed by atoms with Gasteiger partial charge < -0.3 is 19.5 Å². The molecule has 0 radical (unpaired) electrons. The predicted molar refractivity (Wildman–Crippen MR) is 148 cm³/mol. The molecule has 1 aliphatic carbocycles. The monoisotopic (exact) mass is 604 g/mol. The van der Waals surface area contributed by atoms with Crippen molar-refractivity contribution in [3.63, 3.8) is 0 Å². The van der Waals surface area contributed by atoms with Crippen molar-refractivity contribution >= 4 is 21.9 Å². The van der Waals surface area contributed by atoms with Crippen molar-refractivity contribution in [2.45, 2.75) is 69.8 Å². The lowest BCUT2D eigenvalue weighted by Gasteiger charge is -2.31. The van der Waals surface area contributed by atoms with Gasteiger partial charge in [0.25, 0.3) is 0 Å². The lowest BCUT2D eigenvalue weighted by molar-refractivity contribution is -0.131. The number of benzene rings is 2. The zero-order valence-electron chi connectivity index (χ0n) is 23.7. The van der Waals surface area contributed by atoms with Crippen LogP contribution in [0, 0.1) is 5.92 Å². The number of Topliss-reactive ketones (excluding diaryl/α,β-unsaturated/α-hetero) is 1. The average Bonchev–Trinajstić information content (AvgIpc) is 3.51. The number of alkyl halides is 2. The Labute approximate surface area is 243 Å². The summed E-state index contributed by atoms with van der Waals surface area (Å²) < 4.78 is 62.2. The molecule has 1 N–H and O–H groups in total. The van der Waals surface area contributed by atoms with Gasteiger partial charge in [-0.05, 0) is 81.0 Å². The fourth-order valence-electron chi connectivity index (χ4n) is 5.72. The molecule has 226 valence electrons. The molecule has 0 fully saturated rings. The van der Waals surface area contributed by atoms with E-state index in [0.29, 0.717) is 37.9 Å². The van der Waals surface area contributed by atoms with Crippen molar-refractivity contribution < 1.29 is 41.4 Å². The summed E-state index contributed by atoms with van der Waals surface area (Å²) in [4.78, 5) is 27.5. The van der Waals surface area contributed by atoms with Gasteiger partial charge in [-0.2, -0.15) is 13.1 Å². The van der Waals surface area contributed by atoms with E-state index in [1.807, 2.05) is 26.8 Å². The van der Waals surface area contributed by atoms with Crippen LogP contribution in [0.1, 0.15) is 56.4 Å². The number of rotatable bonds is 7. The molecule has 5 rings (SSSR count). The van der Waals surface area contributed by atoms with E-state index in [2.05, 4.69) is 4.74 Å². The molecule has 0 saturated heterocycles. The molecule has 2 heterocycles. The summed E-state index contributed by atoms with van der Waals surface area (Å²) in [5, 5.41) is 11.0. The molecular weight excluding hydrogens is 570 g/mol. The standard InChI is InChI=1S/C30H34F2N2O7S/c1-30(2,3)41-29(37)33-11-10-18-4-5-19(12-21(18)15-33)26(35)27(36)20-13-22-16-34(17-23(22)14-20)42(38,39)25-8-6-24(7-9-25)40-28(31)32/h4-9,12,20,26,28,35H,10-11,13-17H2,1-3H3. The first-order valence-corrected chi connectivity index (χ1v) is 15.2. The van der Waals surface area contributed by atoms with Crippen molar-refractivity contribution in [1.29, 1.82) is 0 Å². The van der Waals surface area contributed by atoms with Crippen LogP contribution >= 0.6 is 0 Å². The number of hydrogen-bond donors (Lipinski definition) is 1. The highest BCUT2D eigenvalue weighted by molar-refractivity contribution is 7.89. The summed E-state index contributed by atoms with van der Waals surface area (Å²) in [5.74, 6) is -0.923. The van der Waals surface area contributed by atoms with Crippen molar-refractivity contribution in [2.75, 3.05) is 19.6 Å². The molecule has 12 heteroatoms. The third kappa shape index (κ3) is 6.35. The van der Waals surface area contributed by atoms with Crippen molar-refractivity contribution in [3.05, 3.63) is 70.3 Å². The van der Waals surface area contributed by atoms with E-state index in [9.17, 15) is 31.9 Å². The van der Waals surface area contributed by atoms with Crippen LogP contribution in [0.4, 0.5) is 13.6 Å². The molecule has 1 unspecified atom stereocenters. The van der Waals surface area contributed by atoms with Crippen LogP contribution in [-0.4, -0.2) is 66.5 Å². The van der Waals surface area contributed by atoms with E-state index in [1.54, 1.807) is 17.0 Å². The van der Waals surface area contributed by atoms with Gasteiger partial charge in [0.2, 0.25) is 10.0 Å². The molecule has 2 aromatic rings. The number of halogens is 2. The van der Waals surface area contributed by atoms with Gasteiger partial charge in [0.15, 0.2) is 5.78 Å². The van der Waals surface area contributed by atoms with E-state index >= 15 is 0 Å². The normalized spacial score (nSPS) is 18.7. The first kappa shape index (κ1) is 30.1. The minimum Gasteiger partial charge on any atom is -0.444 e. The summed E-state index contributed by atoms with van der Waals surface area (Å²) in [6, 6.07) is 10.2. The van der Waals surface area contributed by atoms with Crippen molar-refractivity contribution in [1.82, 2.24) is 9.21 Å². The summed E-state index contributed by atoms with van der Waals surface area (Å²) in [6.07, 6.45) is -0.391. The summed E-state index contributed by atoms with van der Waals surface area (Å²) in [7, 11) is -3.88. The van der Waals surface area contributed by atoms with Gasteiger partial charge in [-0.1, -0.05) is 29.3 Å². The highest BCUT2D eigenvalue weighted by Gasteiger charge is 2.40. The van der Waals surface area contributed by atoms with Gasteiger partial charge in [0, 0.05) is 32.1 Å². The number of ketones is 1. The minimum atomic E-state index is -3.88. The van der Waals surface area contributed by atoms with E-state index in [-0.39, 0.29) is 29.5 Å². The van der Waals surface area contributed by atoms with Crippen LogP contribution in [0.25, 0.3) is 0 Å². The number of aliphatic hydroxyl groups is 1. The maximum atomic E-state index is 13.3. The van der Waals surface area contributed by atoms with Crippen LogP contribution < -0.4 is 4.74 Å². The molecule has 0 bridgehead atoms. The minimum absolute atomic E-state index is 0.0361. The van der Waals surface area contributed by atoms with Crippen molar-refractivity contribution in [3.8, 4) is 5.75 Å². The van der Waals surface area contributed by atoms with Crippen LogP contribution in [0.3, 0.4) is 0 Å². The summed E-state index contributed by atoms with van der Waals surface area (Å²) in [6.45, 7) is 3.53. The summed E-state index contributed by atoms with van der Waals surface area (Å²) in [5.41, 5.74) is 3.48. The topological polar surface area (TPSA) is 113 Å².